The molecule has 0 atom stereocenters. The topological polar surface area (TPSA) is 66.2 Å². The van der Waals surface area contributed by atoms with Gasteiger partial charge in [-0.05, 0) is 32.0 Å². The van der Waals surface area contributed by atoms with Crippen molar-refractivity contribution < 1.29 is 14.3 Å². The molecule has 0 saturated carbocycles. The molecule has 21 heavy (non-hydrogen) atoms. The number of ketones is 1. The fraction of sp³-hybridized carbons (Fsp3) is 0.400. The molecule has 1 aromatic heterocycles. The van der Waals surface area contributed by atoms with Crippen LogP contribution in [0.15, 0.2) is 24.5 Å². The molecule has 0 aliphatic carbocycles. The largest absolute Gasteiger partial charge is 0.493 e. The third kappa shape index (κ3) is 3.21. The lowest BCUT2D eigenvalue weighted by Gasteiger charge is -2.10. The predicted molar refractivity (Wildman–Crippen MR) is 78.0 cm³/mol. The number of carbonyl (C=O) groups is 1. The van der Waals surface area contributed by atoms with Crippen molar-refractivity contribution in [3.05, 3.63) is 35.9 Å². The number of carbonyl (C=O) groups excluding carboxylic acids is 1. The Morgan fingerprint density at radius 1 is 1.24 bits per heavy atom. The highest BCUT2D eigenvalue weighted by molar-refractivity contribution is 5.97. The van der Waals surface area contributed by atoms with Crippen molar-refractivity contribution in [2.45, 2.75) is 26.3 Å². The molecule has 112 valence electrons. The molecule has 0 amide bonds. The van der Waals surface area contributed by atoms with Crippen LogP contribution in [0.4, 0.5) is 0 Å². The van der Waals surface area contributed by atoms with Gasteiger partial charge in [0.05, 0.1) is 20.6 Å². The number of ether oxygens (including phenoxy) is 2. The van der Waals surface area contributed by atoms with Gasteiger partial charge in [0.25, 0.3) is 0 Å². The van der Waals surface area contributed by atoms with Gasteiger partial charge in [-0.25, -0.2) is 9.67 Å². The Balaban J connectivity index is 2.22. The van der Waals surface area contributed by atoms with E-state index in [4.69, 9.17) is 9.47 Å². The van der Waals surface area contributed by atoms with Crippen LogP contribution < -0.4 is 9.47 Å². The van der Waals surface area contributed by atoms with E-state index < -0.39 is 0 Å². The first-order chi connectivity index (χ1) is 10.1. The lowest BCUT2D eigenvalue weighted by Crippen LogP contribution is -2.13. The predicted octanol–water partition coefficient (Wildman–Crippen LogP) is 2.30. The maximum Gasteiger partial charge on any atom is 0.170 e. The average Bonchev–Trinajstić information content (AvgIpc) is 2.94. The molecule has 0 aliphatic heterocycles. The van der Waals surface area contributed by atoms with E-state index in [0.717, 1.165) is 0 Å². The van der Waals surface area contributed by atoms with Crippen molar-refractivity contribution in [3.8, 4) is 11.5 Å². The van der Waals surface area contributed by atoms with Crippen LogP contribution in [0.2, 0.25) is 0 Å². The number of benzene rings is 1. The van der Waals surface area contributed by atoms with Gasteiger partial charge < -0.3 is 9.47 Å². The number of hydrogen-bond acceptors (Lipinski definition) is 5. The van der Waals surface area contributed by atoms with Crippen LogP contribution in [0.3, 0.4) is 0 Å². The summed E-state index contributed by atoms with van der Waals surface area (Å²) in [6.45, 7) is 4.00. The van der Waals surface area contributed by atoms with Gasteiger partial charge in [0.2, 0.25) is 0 Å². The van der Waals surface area contributed by atoms with Gasteiger partial charge in [-0.15, -0.1) is 0 Å². The molecule has 0 aliphatic rings. The third-order valence-corrected chi connectivity index (χ3v) is 3.16. The van der Waals surface area contributed by atoms with Gasteiger partial charge >= 0.3 is 0 Å². The van der Waals surface area contributed by atoms with Crippen molar-refractivity contribution in [1.29, 1.82) is 0 Å². The Morgan fingerprint density at radius 3 is 2.57 bits per heavy atom. The SMILES string of the molecule is COc1ccc(C(=O)Cc2ncnn2C(C)C)cc1OC. The molecule has 1 heterocycles. The fourth-order valence-corrected chi connectivity index (χ4v) is 2.09. The lowest BCUT2D eigenvalue weighted by molar-refractivity contribution is 0.0988. The first kappa shape index (κ1) is 15.0. The summed E-state index contributed by atoms with van der Waals surface area (Å²) in [4.78, 5) is 16.5. The second kappa shape index (κ2) is 6.39. The van der Waals surface area contributed by atoms with Crippen LogP contribution in [-0.4, -0.2) is 34.8 Å². The molecule has 0 spiro atoms. The first-order valence-corrected chi connectivity index (χ1v) is 6.70. The molecule has 0 bridgehead atoms. The highest BCUT2D eigenvalue weighted by Gasteiger charge is 2.15. The standard InChI is InChI=1S/C15H19N3O3/c1-10(2)18-15(16-9-17-18)8-12(19)11-5-6-13(20-3)14(7-11)21-4/h5-7,9-10H,8H2,1-4H3. The monoisotopic (exact) mass is 289 g/mol. The van der Waals surface area contributed by atoms with E-state index in [-0.39, 0.29) is 18.2 Å². The van der Waals surface area contributed by atoms with Crippen molar-refractivity contribution in [1.82, 2.24) is 14.8 Å². The summed E-state index contributed by atoms with van der Waals surface area (Å²) >= 11 is 0. The zero-order valence-corrected chi connectivity index (χ0v) is 12.7. The third-order valence-electron chi connectivity index (χ3n) is 3.16. The van der Waals surface area contributed by atoms with E-state index in [9.17, 15) is 4.79 Å². The second-order valence-corrected chi connectivity index (χ2v) is 4.88. The van der Waals surface area contributed by atoms with E-state index in [0.29, 0.717) is 22.9 Å². The summed E-state index contributed by atoms with van der Waals surface area (Å²) in [5, 5.41) is 4.13. The smallest absolute Gasteiger partial charge is 0.170 e. The van der Waals surface area contributed by atoms with Crippen LogP contribution >= 0.6 is 0 Å². The number of aromatic nitrogens is 3. The highest BCUT2D eigenvalue weighted by Crippen LogP contribution is 2.28. The summed E-state index contributed by atoms with van der Waals surface area (Å²) in [5.41, 5.74) is 0.561. The summed E-state index contributed by atoms with van der Waals surface area (Å²) in [5.74, 6) is 1.75. The van der Waals surface area contributed by atoms with Crippen molar-refractivity contribution in [2.24, 2.45) is 0 Å². The van der Waals surface area contributed by atoms with Crippen LogP contribution in [0.5, 0.6) is 11.5 Å². The first-order valence-electron chi connectivity index (χ1n) is 6.70. The second-order valence-electron chi connectivity index (χ2n) is 4.88. The minimum absolute atomic E-state index is 0.0362. The number of nitrogens with zero attached hydrogens (tertiary/aromatic N) is 3. The quantitative estimate of drug-likeness (QED) is 0.763. The Bertz CT molecular complexity index is 635. The van der Waals surface area contributed by atoms with Gasteiger partial charge in [0, 0.05) is 11.6 Å². The zero-order chi connectivity index (χ0) is 15.4. The van der Waals surface area contributed by atoms with E-state index in [1.54, 1.807) is 37.1 Å². The molecule has 1 aromatic carbocycles. The molecule has 0 unspecified atom stereocenters. The summed E-state index contributed by atoms with van der Waals surface area (Å²) < 4.78 is 12.1. The van der Waals surface area contributed by atoms with Crippen LogP contribution in [0.1, 0.15) is 36.1 Å². The van der Waals surface area contributed by atoms with E-state index in [1.165, 1.54) is 6.33 Å². The summed E-state index contributed by atoms with van der Waals surface area (Å²) in [7, 11) is 3.10. The van der Waals surface area contributed by atoms with Crippen molar-refractivity contribution in [2.75, 3.05) is 14.2 Å². The van der Waals surface area contributed by atoms with Gasteiger partial charge in [-0.2, -0.15) is 5.10 Å². The molecule has 6 nitrogen and oxygen atoms in total. The summed E-state index contributed by atoms with van der Waals surface area (Å²) in [6, 6.07) is 5.29. The molecule has 0 fully saturated rings. The number of methoxy groups -OCH3 is 2. The van der Waals surface area contributed by atoms with E-state index >= 15 is 0 Å². The fourth-order valence-electron chi connectivity index (χ4n) is 2.09. The Hall–Kier alpha value is -2.37. The minimum atomic E-state index is -0.0362. The molecule has 0 radical (unpaired) electrons. The molecular weight excluding hydrogens is 270 g/mol. The number of rotatable bonds is 6. The molecule has 2 rings (SSSR count). The molecular formula is C15H19N3O3. The molecule has 6 heteroatoms. The highest BCUT2D eigenvalue weighted by atomic mass is 16.5. The zero-order valence-electron chi connectivity index (χ0n) is 12.7. The van der Waals surface area contributed by atoms with Crippen molar-refractivity contribution >= 4 is 5.78 Å². The number of hydrogen-bond donors (Lipinski definition) is 0. The van der Waals surface area contributed by atoms with Crippen LogP contribution in [0, 0.1) is 0 Å². The Morgan fingerprint density at radius 2 is 1.95 bits per heavy atom. The van der Waals surface area contributed by atoms with E-state index in [2.05, 4.69) is 10.1 Å². The maximum atomic E-state index is 12.4. The number of Topliss-reactive ketones (excluding diaryl/α,β-unsaturated/α-hetero) is 1. The van der Waals surface area contributed by atoms with Gasteiger partial charge in [0.15, 0.2) is 17.3 Å². The van der Waals surface area contributed by atoms with Crippen LogP contribution in [0.25, 0.3) is 0 Å². The van der Waals surface area contributed by atoms with Gasteiger partial charge in [-0.1, -0.05) is 0 Å². The normalized spacial score (nSPS) is 10.7. The lowest BCUT2D eigenvalue weighted by atomic mass is 10.1. The Labute approximate surface area is 123 Å². The van der Waals surface area contributed by atoms with Gasteiger partial charge in [-0.3, -0.25) is 4.79 Å². The minimum Gasteiger partial charge on any atom is -0.493 e. The maximum absolute atomic E-state index is 12.4. The average molecular weight is 289 g/mol. The van der Waals surface area contributed by atoms with Crippen molar-refractivity contribution in [3.63, 3.8) is 0 Å². The van der Waals surface area contributed by atoms with Crippen LogP contribution in [-0.2, 0) is 6.42 Å². The summed E-state index contributed by atoms with van der Waals surface area (Å²) in [6.07, 6.45) is 1.67. The Kier molecular flexibility index (Phi) is 4.57. The molecule has 0 N–H and O–H groups in total. The van der Waals surface area contributed by atoms with Gasteiger partial charge in [0.1, 0.15) is 12.2 Å². The molecule has 2 aromatic rings. The molecule has 0 saturated heterocycles. The van der Waals surface area contributed by atoms with E-state index in [1.807, 2.05) is 13.8 Å².